The fraction of sp³-hybridized carbons (Fsp3) is 0.286. The Morgan fingerprint density at radius 3 is 2.55 bits per heavy atom. The summed E-state index contributed by atoms with van der Waals surface area (Å²) in [5, 5.41) is 18.7. The fourth-order valence-corrected chi connectivity index (χ4v) is 2.16. The summed E-state index contributed by atoms with van der Waals surface area (Å²) in [7, 11) is 3.72. The average Bonchev–Trinajstić information content (AvgIpc) is 2.41. The predicted molar refractivity (Wildman–Crippen MR) is 76.6 cm³/mol. The molecule has 0 saturated heterocycles. The lowest BCUT2D eigenvalue weighted by Gasteiger charge is -2.16. The molecular formula is C14H16N2O4. The Labute approximate surface area is 115 Å². The fourth-order valence-electron chi connectivity index (χ4n) is 2.16. The highest BCUT2D eigenvalue weighted by Crippen LogP contribution is 2.20. The van der Waals surface area contributed by atoms with Crippen LogP contribution in [-0.2, 0) is 6.54 Å². The molecular weight excluding hydrogens is 260 g/mol. The lowest BCUT2D eigenvalue weighted by molar-refractivity contribution is 0.0683. The number of hydrogen-bond donors (Lipinski definition) is 2. The maximum absolute atomic E-state index is 12.1. The average molecular weight is 276 g/mol. The van der Waals surface area contributed by atoms with Crippen molar-refractivity contribution in [1.29, 1.82) is 0 Å². The minimum Gasteiger partial charge on any atom is -0.477 e. The van der Waals surface area contributed by atoms with Crippen LogP contribution in [-0.4, -0.2) is 41.5 Å². The van der Waals surface area contributed by atoms with Crippen molar-refractivity contribution in [2.75, 3.05) is 25.6 Å². The third-order valence-electron chi connectivity index (χ3n) is 3.15. The molecule has 2 N–H and O–H groups in total. The van der Waals surface area contributed by atoms with Crippen LogP contribution in [0, 0.1) is 0 Å². The number of aromatic nitrogens is 1. The van der Waals surface area contributed by atoms with Gasteiger partial charge >= 0.3 is 5.97 Å². The normalized spacial score (nSPS) is 10.8. The van der Waals surface area contributed by atoms with Crippen molar-refractivity contribution in [1.82, 2.24) is 4.57 Å². The molecule has 2 aromatic rings. The van der Waals surface area contributed by atoms with Crippen molar-refractivity contribution in [3.63, 3.8) is 0 Å². The van der Waals surface area contributed by atoms with Crippen LogP contribution in [0.1, 0.15) is 10.5 Å². The first-order valence-corrected chi connectivity index (χ1v) is 6.14. The molecule has 2 rings (SSSR count). The van der Waals surface area contributed by atoms with E-state index in [2.05, 4.69) is 0 Å². The Bertz CT molecular complexity index is 719. The number of benzene rings is 1. The van der Waals surface area contributed by atoms with Crippen LogP contribution in [0.3, 0.4) is 0 Å². The van der Waals surface area contributed by atoms with E-state index in [0.29, 0.717) is 10.9 Å². The van der Waals surface area contributed by atoms with Gasteiger partial charge in [0.2, 0.25) is 0 Å². The molecule has 0 aliphatic heterocycles. The number of carbonyl (C=O) groups is 1. The van der Waals surface area contributed by atoms with E-state index in [0.717, 1.165) is 11.8 Å². The predicted octanol–water partition coefficient (Wildman–Crippen LogP) is 0.758. The van der Waals surface area contributed by atoms with Crippen molar-refractivity contribution < 1.29 is 15.0 Å². The van der Waals surface area contributed by atoms with E-state index in [4.69, 9.17) is 10.2 Å². The number of aliphatic hydroxyl groups is 1. The first kappa shape index (κ1) is 14.1. The molecule has 0 atom stereocenters. The van der Waals surface area contributed by atoms with Gasteiger partial charge in [-0.05, 0) is 18.2 Å². The minimum absolute atomic E-state index is 0.117. The monoisotopic (exact) mass is 276 g/mol. The largest absolute Gasteiger partial charge is 0.477 e. The van der Waals surface area contributed by atoms with Crippen molar-refractivity contribution in [2.45, 2.75) is 6.54 Å². The van der Waals surface area contributed by atoms with Gasteiger partial charge in [0.25, 0.3) is 0 Å². The molecule has 0 spiro atoms. The maximum atomic E-state index is 12.1. The lowest BCUT2D eigenvalue weighted by atomic mass is 10.1. The summed E-state index contributed by atoms with van der Waals surface area (Å²) in [5.74, 6) is -1.19. The number of carboxylic acids is 1. The molecule has 6 nitrogen and oxygen atoms in total. The summed E-state index contributed by atoms with van der Waals surface area (Å²) in [6, 6.07) is 6.33. The number of fused-ring (bicyclic) bond motifs is 1. The summed E-state index contributed by atoms with van der Waals surface area (Å²) in [6.45, 7) is -0.0760. The number of nitrogens with zero attached hydrogens (tertiary/aromatic N) is 2. The highest BCUT2D eigenvalue weighted by molar-refractivity contribution is 5.91. The molecule has 0 bridgehead atoms. The Morgan fingerprint density at radius 2 is 2.00 bits per heavy atom. The summed E-state index contributed by atoms with van der Waals surface area (Å²) < 4.78 is 1.44. The van der Waals surface area contributed by atoms with Crippen molar-refractivity contribution in [3.8, 4) is 0 Å². The molecule has 106 valence electrons. The van der Waals surface area contributed by atoms with E-state index >= 15 is 0 Å². The summed E-state index contributed by atoms with van der Waals surface area (Å²) in [6.07, 6.45) is 0. The van der Waals surface area contributed by atoms with E-state index in [1.165, 1.54) is 4.57 Å². The Morgan fingerprint density at radius 1 is 1.30 bits per heavy atom. The lowest BCUT2D eigenvalue weighted by Crippen LogP contribution is -2.20. The SMILES string of the molecule is CN(C)c1ccc2c(c1)c(=O)cc(C(=O)O)n2CCO. The number of aliphatic hydroxyl groups excluding tert-OH is 1. The summed E-state index contributed by atoms with van der Waals surface area (Å²) in [4.78, 5) is 25.2. The summed E-state index contributed by atoms with van der Waals surface area (Å²) >= 11 is 0. The third-order valence-corrected chi connectivity index (χ3v) is 3.15. The molecule has 0 unspecified atom stereocenters. The van der Waals surface area contributed by atoms with Crippen LogP contribution in [0.5, 0.6) is 0 Å². The number of carboxylic acid groups (broad SMARTS) is 1. The highest BCUT2D eigenvalue weighted by Gasteiger charge is 2.14. The number of rotatable bonds is 4. The minimum atomic E-state index is -1.19. The standard InChI is InChI=1S/C14H16N2O4/c1-15(2)9-3-4-11-10(7-9)13(18)8-12(14(19)20)16(11)5-6-17/h3-4,7-8,17H,5-6H2,1-2H3,(H,19,20). The van der Waals surface area contributed by atoms with E-state index in [-0.39, 0.29) is 24.3 Å². The molecule has 0 radical (unpaired) electrons. The summed E-state index contributed by atoms with van der Waals surface area (Å²) in [5.41, 5.74) is 0.909. The van der Waals surface area contributed by atoms with E-state index in [1.807, 2.05) is 19.0 Å². The third kappa shape index (κ3) is 2.37. The van der Waals surface area contributed by atoms with Gasteiger partial charge in [0.1, 0.15) is 5.69 Å². The zero-order valence-electron chi connectivity index (χ0n) is 11.3. The van der Waals surface area contributed by atoms with Crippen LogP contribution < -0.4 is 10.3 Å². The van der Waals surface area contributed by atoms with Gasteiger partial charge in [0, 0.05) is 37.8 Å². The van der Waals surface area contributed by atoms with Gasteiger partial charge < -0.3 is 19.7 Å². The van der Waals surface area contributed by atoms with E-state index in [9.17, 15) is 9.59 Å². The highest BCUT2D eigenvalue weighted by atomic mass is 16.4. The van der Waals surface area contributed by atoms with Gasteiger partial charge in [0.05, 0.1) is 12.1 Å². The van der Waals surface area contributed by atoms with Gasteiger partial charge in [-0.2, -0.15) is 0 Å². The molecule has 0 amide bonds. The van der Waals surface area contributed by atoms with Crippen LogP contribution in [0.4, 0.5) is 5.69 Å². The quantitative estimate of drug-likeness (QED) is 0.861. The van der Waals surface area contributed by atoms with Gasteiger partial charge in [0.15, 0.2) is 5.43 Å². The van der Waals surface area contributed by atoms with Crippen LogP contribution in [0.25, 0.3) is 10.9 Å². The molecule has 1 aromatic heterocycles. The molecule has 0 aliphatic carbocycles. The number of anilines is 1. The second kappa shape index (κ2) is 5.34. The molecule has 6 heteroatoms. The van der Waals surface area contributed by atoms with Crippen LogP contribution >= 0.6 is 0 Å². The van der Waals surface area contributed by atoms with Gasteiger partial charge in [-0.1, -0.05) is 0 Å². The first-order chi connectivity index (χ1) is 9.45. The van der Waals surface area contributed by atoms with Gasteiger partial charge in [-0.3, -0.25) is 4.79 Å². The van der Waals surface area contributed by atoms with Crippen LogP contribution in [0.15, 0.2) is 29.1 Å². The van der Waals surface area contributed by atoms with Crippen LogP contribution in [0.2, 0.25) is 0 Å². The molecule has 1 aromatic carbocycles. The molecule has 0 saturated carbocycles. The van der Waals surface area contributed by atoms with Crippen molar-refractivity contribution >= 4 is 22.6 Å². The van der Waals surface area contributed by atoms with E-state index in [1.54, 1.807) is 18.2 Å². The molecule has 20 heavy (non-hydrogen) atoms. The molecule has 0 fully saturated rings. The molecule has 0 aliphatic rings. The van der Waals surface area contributed by atoms with Crippen molar-refractivity contribution in [2.24, 2.45) is 0 Å². The van der Waals surface area contributed by atoms with Gasteiger partial charge in [-0.25, -0.2) is 4.79 Å². The van der Waals surface area contributed by atoms with Gasteiger partial charge in [-0.15, -0.1) is 0 Å². The Kier molecular flexibility index (Phi) is 3.76. The molecule has 1 heterocycles. The number of pyridine rings is 1. The Balaban J connectivity index is 2.82. The topological polar surface area (TPSA) is 82.8 Å². The Hall–Kier alpha value is -2.34. The smallest absolute Gasteiger partial charge is 0.352 e. The maximum Gasteiger partial charge on any atom is 0.352 e. The van der Waals surface area contributed by atoms with E-state index < -0.39 is 5.97 Å². The number of aromatic carboxylic acids is 1. The second-order valence-corrected chi connectivity index (χ2v) is 4.67. The first-order valence-electron chi connectivity index (χ1n) is 6.14. The second-order valence-electron chi connectivity index (χ2n) is 4.67. The zero-order chi connectivity index (χ0) is 14.9. The van der Waals surface area contributed by atoms with Crippen molar-refractivity contribution in [3.05, 3.63) is 40.2 Å². The zero-order valence-corrected chi connectivity index (χ0v) is 11.3. The number of hydrogen-bond acceptors (Lipinski definition) is 4.